The minimum absolute atomic E-state index is 0.241. The Balaban J connectivity index is 1.96. The van der Waals surface area contributed by atoms with Crippen molar-refractivity contribution in [1.82, 2.24) is 9.47 Å². The molecule has 1 aromatic rings. The van der Waals surface area contributed by atoms with Crippen LogP contribution in [-0.2, 0) is 7.05 Å². The van der Waals surface area contributed by atoms with Crippen molar-refractivity contribution in [3.05, 3.63) is 24.0 Å². The van der Waals surface area contributed by atoms with Gasteiger partial charge in [-0.2, -0.15) is 0 Å². The number of rotatable bonds is 5. The molecule has 0 unspecified atom stereocenters. The molecule has 0 N–H and O–H groups in total. The van der Waals surface area contributed by atoms with Crippen molar-refractivity contribution in [3.8, 4) is 0 Å². The summed E-state index contributed by atoms with van der Waals surface area (Å²) in [5, 5.41) is 0. The quantitative estimate of drug-likeness (QED) is 0.749. The van der Waals surface area contributed by atoms with Gasteiger partial charge in [0.1, 0.15) is 0 Å². The van der Waals surface area contributed by atoms with Crippen LogP contribution in [0, 0.1) is 5.41 Å². The first-order valence-electron chi connectivity index (χ1n) is 6.97. The summed E-state index contributed by atoms with van der Waals surface area (Å²) in [6.07, 6.45) is 5.61. The highest BCUT2D eigenvalue weighted by Crippen LogP contribution is 2.36. The summed E-state index contributed by atoms with van der Waals surface area (Å²) in [6.45, 7) is 7.26. The van der Waals surface area contributed by atoms with Gasteiger partial charge in [-0.3, -0.25) is 9.69 Å². The van der Waals surface area contributed by atoms with E-state index >= 15 is 0 Å². The molecule has 1 aromatic heterocycles. The van der Waals surface area contributed by atoms with Gasteiger partial charge in [0.05, 0.1) is 12.2 Å². The molecular formula is C15H24N2O. The third-order valence-corrected chi connectivity index (χ3v) is 4.61. The molecule has 0 aromatic carbocycles. The maximum absolute atomic E-state index is 12.2. The number of carbonyl (C=O) groups is 1. The lowest BCUT2D eigenvalue weighted by Gasteiger charge is -2.26. The number of aryl methyl sites for hydroxylation is 1. The highest BCUT2D eigenvalue weighted by molar-refractivity contribution is 5.96. The first-order chi connectivity index (χ1) is 8.60. The van der Waals surface area contributed by atoms with Crippen LogP contribution in [0.2, 0.25) is 0 Å². The number of hydrogen-bond donors (Lipinski definition) is 0. The lowest BCUT2D eigenvalue weighted by Crippen LogP contribution is -2.31. The van der Waals surface area contributed by atoms with Crippen LogP contribution < -0.4 is 0 Å². The molecule has 1 fully saturated rings. The van der Waals surface area contributed by atoms with Gasteiger partial charge in [-0.05, 0) is 43.4 Å². The lowest BCUT2D eigenvalue weighted by atomic mass is 9.82. The van der Waals surface area contributed by atoms with E-state index in [1.54, 1.807) is 0 Å². The number of nitrogens with zero attached hydrogens (tertiary/aromatic N) is 2. The number of carbonyl (C=O) groups excluding carboxylic acids is 1. The molecule has 18 heavy (non-hydrogen) atoms. The molecule has 2 heterocycles. The zero-order valence-electron chi connectivity index (χ0n) is 11.8. The fraction of sp³-hybridized carbons (Fsp3) is 0.667. The van der Waals surface area contributed by atoms with Gasteiger partial charge in [-0.1, -0.05) is 13.8 Å². The van der Waals surface area contributed by atoms with Crippen molar-refractivity contribution in [1.29, 1.82) is 0 Å². The Bertz CT molecular complexity index is 418. The molecular weight excluding hydrogens is 224 g/mol. The molecule has 2 rings (SSSR count). The van der Waals surface area contributed by atoms with Crippen LogP contribution in [0.4, 0.5) is 0 Å². The third kappa shape index (κ3) is 2.51. The number of Topliss-reactive ketones (excluding diaryl/α,β-unsaturated/α-hetero) is 1. The third-order valence-electron chi connectivity index (χ3n) is 4.61. The van der Waals surface area contributed by atoms with Gasteiger partial charge < -0.3 is 4.57 Å². The van der Waals surface area contributed by atoms with E-state index in [0.29, 0.717) is 12.0 Å². The number of likely N-dealkylation sites (tertiary alicyclic amines) is 1. The van der Waals surface area contributed by atoms with E-state index < -0.39 is 0 Å². The minimum atomic E-state index is 0.241. The summed E-state index contributed by atoms with van der Waals surface area (Å²) in [5.74, 6) is 0.241. The van der Waals surface area contributed by atoms with E-state index in [0.717, 1.165) is 18.8 Å². The molecule has 3 nitrogen and oxygen atoms in total. The molecule has 1 saturated heterocycles. The van der Waals surface area contributed by atoms with Gasteiger partial charge in [0.25, 0.3) is 0 Å². The second-order valence-corrected chi connectivity index (χ2v) is 5.60. The molecule has 100 valence electrons. The molecule has 0 spiro atoms. The second-order valence-electron chi connectivity index (χ2n) is 5.60. The lowest BCUT2D eigenvalue weighted by molar-refractivity contribution is 0.0928. The number of ketones is 1. The average Bonchev–Trinajstić information content (AvgIpc) is 2.96. The highest BCUT2D eigenvalue weighted by Gasteiger charge is 2.35. The minimum Gasteiger partial charge on any atom is -0.348 e. The monoisotopic (exact) mass is 248 g/mol. The van der Waals surface area contributed by atoms with E-state index in [1.807, 2.05) is 29.9 Å². The Morgan fingerprint density at radius 3 is 2.61 bits per heavy atom. The Labute approximate surface area is 110 Å². The summed E-state index contributed by atoms with van der Waals surface area (Å²) in [7, 11) is 1.93. The van der Waals surface area contributed by atoms with Gasteiger partial charge in [0.15, 0.2) is 5.78 Å². The average molecular weight is 248 g/mol. The maximum Gasteiger partial charge on any atom is 0.193 e. The van der Waals surface area contributed by atoms with Crippen molar-refractivity contribution >= 4 is 5.78 Å². The first-order valence-corrected chi connectivity index (χ1v) is 6.97. The Hall–Kier alpha value is -1.09. The molecule has 0 radical (unpaired) electrons. The molecule has 1 aliphatic rings. The van der Waals surface area contributed by atoms with Crippen LogP contribution in [0.3, 0.4) is 0 Å². The largest absolute Gasteiger partial charge is 0.348 e. The number of aromatic nitrogens is 1. The van der Waals surface area contributed by atoms with E-state index in [9.17, 15) is 4.79 Å². The summed E-state index contributed by atoms with van der Waals surface area (Å²) < 4.78 is 1.91. The number of hydrogen-bond acceptors (Lipinski definition) is 2. The predicted octanol–water partition coefficient (Wildman–Crippen LogP) is 2.72. The second kappa shape index (κ2) is 5.27. The van der Waals surface area contributed by atoms with E-state index in [2.05, 4.69) is 18.7 Å². The topological polar surface area (TPSA) is 25.2 Å². The highest BCUT2D eigenvalue weighted by atomic mass is 16.1. The Morgan fingerprint density at radius 1 is 1.39 bits per heavy atom. The van der Waals surface area contributed by atoms with E-state index in [4.69, 9.17) is 0 Å². The maximum atomic E-state index is 12.2. The smallest absolute Gasteiger partial charge is 0.193 e. The molecule has 3 heteroatoms. The first kappa shape index (κ1) is 13.3. The summed E-state index contributed by atoms with van der Waals surface area (Å²) in [6, 6.07) is 3.84. The fourth-order valence-corrected chi connectivity index (χ4v) is 3.02. The van der Waals surface area contributed by atoms with Gasteiger partial charge in [0.2, 0.25) is 0 Å². The zero-order chi connectivity index (χ0) is 13.2. The molecule has 0 atom stereocenters. The normalized spacial score (nSPS) is 19.3. The summed E-state index contributed by atoms with van der Waals surface area (Å²) in [4.78, 5) is 14.5. The Kier molecular flexibility index (Phi) is 3.91. The Morgan fingerprint density at radius 2 is 2.11 bits per heavy atom. The predicted molar refractivity (Wildman–Crippen MR) is 73.8 cm³/mol. The molecule has 0 aliphatic carbocycles. The SMILES string of the molecule is CCC1(CC)CCN(CC(=O)c2cccn2C)C1. The van der Waals surface area contributed by atoms with Crippen LogP contribution in [0.15, 0.2) is 18.3 Å². The van der Waals surface area contributed by atoms with E-state index in [1.165, 1.54) is 19.3 Å². The molecule has 1 aliphatic heterocycles. The fourth-order valence-electron chi connectivity index (χ4n) is 3.02. The van der Waals surface area contributed by atoms with Crippen molar-refractivity contribution in [2.75, 3.05) is 19.6 Å². The molecule has 0 amide bonds. The van der Waals surface area contributed by atoms with Crippen molar-refractivity contribution in [2.24, 2.45) is 12.5 Å². The van der Waals surface area contributed by atoms with Crippen LogP contribution in [0.5, 0.6) is 0 Å². The van der Waals surface area contributed by atoms with Gasteiger partial charge in [-0.15, -0.1) is 0 Å². The van der Waals surface area contributed by atoms with Crippen LogP contribution in [0.25, 0.3) is 0 Å². The summed E-state index contributed by atoms with van der Waals surface area (Å²) in [5.41, 5.74) is 1.27. The van der Waals surface area contributed by atoms with Crippen LogP contribution in [0.1, 0.15) is 43.6 Å². The summed E-state index contributed by atoms with van der Waals surface area (Å²) >= 11 is 0. The van der Waals surface area contributed by atoms with Gasteiger partial charge >= 0.3 is 0 Å². The van der Waals surface area contributed by atoms with Crippen LogP contribution >= 0.6 is 0 Å². The standard InChI is InChI=1S/C15H24N2O/c1-4-15(5-2)8-10-17(12-15)11-14(18)13-7-6-9-16(13)3/h6-7,9H,4-5,8,10-12H2,1-3H3. The van der Waals surface area contributed by atoms with Crippen LogP contribution in [-0.4, -0.2) is 34.9 Å². The van der Waals surface area contributed by atoms with Crippen molar-refractivity contribution < 1.29 is 4.79 Å². The van der Waals surface area contributed by atoms with Crippen molar-refractivity contribution in [2.45, 2.75) is 33.1 Å². The van der Waals surface area contributed by atoms with Gasteiger partial charge in [-0.25, -0.2) is 0 Å². The molecule has 0 saturated carbocycles. The van der Waals surface area contributed by atoms with Gasteiger partial charge in [0, 0.05) is 19.8 Å². The van der Waals surface area contributed by atoms with Crippen molar-refractivity contribution in [3.63, 3.8) is 0 Å². The molecule has 0 bridgehead atoms. The van der Waals surface area contributed by atoms with E-state index in [-0.39, 0.29) is 5.78 Å². The zero-order valence-corrected chi connectivity index (χ0v) is 11.8.